The van der Waals surface area contributed by atoms with Gasteiger partial charge in [-0.25, -0.2) is 9.18 Å². The molecule has 0 aliphatic carbocycles. The van der Waals surface area contributed by atoms with E-state index >= 15 is 4.39 Å². The van der Waals surface area contributed by atoms with E-state index in [0.29, 0.717) is 53.8 Å². The molecular formula is C30H33FN6O4. The lowest BCUT2D eigenvalue weighted by Crippen LogP contribution is -2.49. The molecule has 0 spiro atoms. The maximum Gasteiger partial charge on any atom is 0.328 e. The minimum Gasteiger partial charge on any atom is -0.428 e. The van der Waals surface area contributed by atoms with E-state index in [0.717, 1.165) is 12.0 Å². The quantitative estimate of drug-likeness (QED) is 0.228. The molecule has 3 aliphatic heterocycles. The lowest BCUT2D eigenvalue weighted by molar-refractivity contribution is -0.120. The number of ether oxygens (including phenoxy) is 2. The molecule has 11 heteroatoms. The van der Waals surface area contributed by atoms with Crippen LogP contribution in [0.25, 0.3) is 10.9 Å². The highest BCUT2D eigenvalue weighted by molar-refractivity contribution is 6.06. The first-order valence-corrected chi connectivity index (χ1v) is 13.7. The third-order valence-corrected chi connectivity index (χ3v) is 7.90. The van der Waals surface area contributed by atoms with E-state index in [4.69, 9.17) is 20.3 Å². The first kappa shape index (κ1) is 28.3. The number of piperidine rings is 1. The van der Waals surface area contributed by atoms with Crippen LogP contribution in [-0.2, 0) is 26.4 Å². The topological polar surface area (TPSA) is 135 Å². The highest BCUT2D eigenvalue weighted by Gasteiger charge is 2.70. The van der Waals surface area contributed by atoms with Crippen LogP contribution in [0, 0.1) is 16.6 Å². The van der Waals surface area contributed by atoms with Crippen molar-refractivity contribution in [2.45, 2.75) is 51.4 Å². The normalized spacial score (nSPS) is 23.7. The van der Waals surface area contributed by atoms with Crippen LogP contribution in [0.1, 0.15) is 50.3 Å². The zero-order valence-corrected chi connectivity index (χ0v) is 23.3. The summed E-state index contributed by atoms with van der Waals surface area (Å²) in [5, 5.41) is 17.4. The van der Waals surface area contributed by atoms with Crippen LogP contribution < -0.4 is 10.2 Å². The Bertz CT molecular complexity index is 1530. The molecule has 3 amide bonds. The predicted octanol–water partition coefficient (Wildman–Crippen LogP) is 4.69. The summed E-state index contributed by atoms with van der Waals surface area (Å²) in [5.41, 5.74) is 1.76. The summed E-state index contributed by atoms with van der Waals surface area (Å²) in [4.78, 5) is 31.9. The Morgan fingerprint density at radius 3 is 2.63 bits per heavy atom. The van der Waals surface area contributed by atoms with Crippen molar-refractivity contribution in [3.63, 3.8) is 0 Å². The molecule has 2 aromatic carbocycles. The number of nitrogens with one attached hydrogen (secondary N) is 3. The number of carbonyl (C=O) groups excluding carboxylic acids is 2. The fraction of sp³-hybridized carbons (Fsp3) is 0.367. The highest BCUT2D eigenvalue weighted by atomic mass is 19.1. The number of anilines is 1. The molecule has 6 rings (SSSR count). The van der Waals surface area contributed by atoms with Crippen molar-refractivity contribution in [1.82, 2.24) is 15.2 Å². The van der Waals surface area contributed by atoms with Gasteiger partial charge in [-0.2, -0.15) is 0 Å². The molecule has 1 aromatic heterocycles. The van der Waals surface area contributed by atoms with E-state index in [1.807, 2.05) is 32.9 Å². The van der Waals surface area contributed by atoms with Crippen LogP contribution in [0.2, 0.25) is 0 Å². The van der Waals surface area contributed by atoms with Gasteiger partial charge in [0.25, 0.3) is 0 Å². The number of fused-ring (bicyclic) bond motifs is 2. The molecule has 0 radical (unpaired) electrons. The van der Waals surface area contributed by atoms with E-state index in [-0.39, 0.29) is 24.8 Å². The van der Waals surface area contributed by atoms with Crippen molar-refractivity contribution in [2.24, 2.45) is 0 Å². The first-order valence-electron chi connectivity index (χ1n) is 13.7. The van der Waals surface area contributed by atoms with Gasteiger partial charge in [0.1, 0.15) is 17.0 Å². The molecule has 214 valence electrons. The molecule has 41 heavy (non-hydrogen) atoms. The van der Waals surface area contributed by atoms with Crippen molar-refractivity contribution in [3.05, 3.63) is 71.2 Å². The third-order valence-electron chi connectivity index (χ3n) is 7.90. The smallest absolute Gasteiger partial charge is 0.328 e. The van der Waals surface area contributed by atoms with Crippen molar-refractivity contribution in [2.75, 3.05) is 24.5 Å². The van der Waals surface area contributed by atoms with Crippen LogP contribution in [0.3, 0.4) is 0 Å². The van der Waals surface area contributed by atoms with Gasteiger partial charge in [-0.15, -0.1) is 0 Å². The highest BCUT2D eigenvalue weighted by Crippen LogP contribution is 2.61. The fourth-order valence-electron chi connectivity index (χ4n) is 5.84. The number of rotatable bonds is 6. The number of likely N-dealkylation sites (tertiary alicyclic amines) is 1. The zero-order valence-electron chi connectivity index (χ0n) is 23.3. The second-order valence-electron chi connectivity index (χ2n) is 10.3. The van der Waals surface area contributed by atoms with Gasteiger partial charge in [0.15, 0.2) is 6.40 Å². The Morgan fingerprint density at radius 1 is 1.20 bits per heavy atom. The van der Waals surface area contributed by atoms with Gasteiger partial charge in [0, 0.05) is 49.1 Å². The number of carbonyl (C=O) groups is 2. The molecule has 3 fully saturated rings. The lowest BCUT2D eigenvalue weighted by atomic mass is 9.80. The Kier molecular flexibility index (Phi) is 7.58. The largest absolute Gasteiger partial charge is 0.428 e. The van der Waals surface area contributed by atoms with Gasteiger partial charge in [0.05, 0.1) is 17.4 Å². The molecule has 0 saturated carbocycles. The van der Waals surface area contributed by atoms with E-state index < -0.39 is 23.1 Å². The Morgan fingerprint density at radius 2 is 1.95 bits per heavy atom. The number of benzene rings is 2. The van der Waals surface area contributed by atoms with E-state index in [9.17, 15) is 9.59 Å². The van der Waals surface area contributed by atoms with Gasteiger partial charge >= 0.3 is 6.03 Å². The number of hydrogen-bond acceptors (Lipinski definition) is 8. The number of urea groups is 1. The van der Waals surface area contributed by atoms with Crippen molar-refractivity contribution in [1.29, 1.82) is 10.8 Å². The van der Waals surface area contributed by atoms with E-state index in [1.54, 1.807) is 30.3 Å². The van der Waals surface area contributed by atoms with Crippen LogP contribution >= 0.6 is 0 Å². The second-order valence-corrected chi connectivity index (χ2v) is 10.3. The number of nitrogens with zero attached hydrogens (tertiary/aromatic N) is 3. The molecule has 0 bridgehead atoms. The van der Waals surface area contributed by atoms with Gasteiger partial charge in [-0.1, -0.05) is 32.0 Å². The minimum atomic E-state index is -0.740. The molecule has 4 heterocycles. The number of aromatic nitrogens is 1. The fourth-order valence-corrected chi connectivity index (χ4v) is 5.84. The van der Waals surface area contributed by atoms with Crippen LogP contribution in [0.5, 0.6) is 0 Å². The maximum absolute atomic E-state index is 16.1. The monoisotopic (exact) mass is 560 g/mol. The molecule has 3 aromatic rings. The van der Waals surface area contributed by atoms with Crippen LogP contribution in [-0.4, -0.2) is 59.4 Å². The molecule has 3 aliphatic rings. The summed E-state index contributed by atoms with van der Waals surface area (Å²) in [6.07, 6.45) is 3.04. The van der Waals surface area contributed by atoms with Gasteiger partial charge in [0.2, 0.25) is 11.8 Å². The summed E-state index contributed by atoms with van der Waals surface area (Å²) in [6.45, 7) is 8.23. The number of epoxide rings is 1. The molecule has 10 nitrogen and oxygen atoms in total. The number of pyridine rings is 1. The molecule has 2 unspecified atom stereocenters. The van der Waals surface area contributed by atoms with E-state index in [2.05, 4.69) is 15.2 Å². The Hall–Kier alpha value is -4.22. The zero-order chi connectivity index (χ0) is 29.4. The standard InChI is InChI=1S/C28H27FN6O4.C2H6/c1-27-15-34(14-17-2-4-18(5-3-17)25(31)38-16-30)11-9-28(27,39-27)21-6-7-22-20(24(21)29)12-19(13-32-22)35-10-8-23(36)33-26(35)37;1-2/h2-7,12-13,16,30-31H,8-11,14-15H2,1H3,(H,33,36,37);1-2H3. The van der Waals surface area contributed by atoms with Crippen molar-refractivity contribution < 1.29 is 23.5 Å². The molecule has 3 N–H and O–H groups in total. The summed E-state index contributed by atoms with van der Waals surface area (Å²) in [5.74, 6) is -0.815. The van der Waals surface area contributed by atoms with Gasteiger partial charge in [-0.3, -0.25) is 35.7 Å². The summed E-state index contributed by atoms with van der Waals surface area (Å²) in [6, 6.07) is 12.1. The number of halogens is 1. The Balaban J connectivity index is 0.00000165. The number of amides is 3. The first-order chi connectivity index (χ1) is 19.7. The SMILES string of the molecule is CC.CC12CN(Cc3ccc(C(=N)OC=N)cc3)CCC1(c1ccc3ncc(N4CCC(=O)NC4=O)cc3c1F)O2. The summed E-state index contributed by atoms with van der Waals surface area (Å²) >= 11 is 0. The van der Waals surface area contributed by atoms with Crippen LogP contribution in [0.15, 0.2) is 48.7 Å². The number of hydrogen-bond donors (Lipinski definition) is 3. The average Bonchev–Trinajstić information content (AvgIpc) is 3.60. The summed E-state index contributed by atoms with van der Waals surface area (Å²) < 4.78 is 27.2. The third kappa shape index (κ3) is 5.07. The van der Waals surface area contributed by atoms with Crippen LogP contribution in [0.4, 0.5) is 14.9 Å². The number of imide groups is 1. The predicted molar refractivity (Wildman–Crippen MR) is 153 cm³/mol. The average molecular weight is 561 g/mol. The van der Waals surface area contributed by atoms with Gasteiger partial charge < -0.3 is 9.47 Å². The lowest BCUT2D eigenvalue weighted by Gasteiger charge is -2.33. The van der Waals surface area contributed by atoms with Crippen molar-refractivity contribution >= 4 is 40.8 Å². The maximum atomic E-state index is 16.1. The summed E-state index contributed by atoms with van der Waals surface area (Å²) in [7, 11) is 0. The molecule has 3 saturated heterocycles. The Labute approximate surface area is 237 Å². The van der Waals surface area contributed by atoms with Gasteiger partial charge in [-0.05, 0) is 43.2 Å². The van der Waals surface area contributed by atoms with Crippen molar-refractivity contribution in [3.8, 4) is 0 Å². The van der Waals surface area contributed by atoms with E-state index in [1.165, 1.54) is 11.1 Å². The molecular weight excluding hydrogens is 527 g/mol. The minimum absolute atomic E-state index is 0.0766. The molecule has 2 atom stereocenters. The second kappa shape index (κ2) is 11.0.